The van der Waals surface area contributed by atoms with Crippen LogP contribution in [0.5, 0.6) is 0 Å². The highest BCUT2D eigenvalue weighted by atomic mass is 31.1. The normalized spacial score (nSPS) is 25.9. The molecule has 0 aromatic rings. The van der Waals surface area contributed by atoms with Crippen LogP contribution >= 0.6 is 8.25 Å². The van der Waals surface area contributed by atoms with Crippen LogP contribution in [0.3, 0.4) is 0 Å². The van der Waals surface area contributed by atoms with E-state index in [2.05, 4.69) is 55.3 Å². The fourth-order valence-electron chi connectivity index (χ4n) is 16.2. The molecule has 0 aromatic heterocycles. The van der Waals surface area contributed by atoms with Crippen molar-refractivity contribution in [3.63, 3.8) is 0 Å². The van der Waals surface area contributed by atoms with Crippen LogP contribution < -0.4 is 43.0 Å². The quantitative estimate of drug-likeness (QED) is 0.0134. The van der Waals surface area contributed by atoms with Crippen molar-refractivity contribution >= 4 is 61.2 Å². The summed E-state index contributed by atoms with van der Waals surface area (Å²) in [6.07, 6.45) is 8.45. The average molecular weight is 1910 g/mol. The van der Waals surface area contributed by atoms with Crippen LogP contribution in [-0.2, 0) is 104 Å². The Kier molecular flexibility index (Phi) is 59.4. The molecule has 4 aliphatic heterocycles. The van der Waals surface area contributed by atoms with Gasteiger partial charge in [0.2, 0.25) is 47.3 Å². The predicted molar refractivity (Wildman–Crippen MR) is 482 cm³/mol. The van der Waals surface area contributed by atoms with Gasteiger partial charge in [0.1, 0.15) is 84.7 Å². The standard InChI is InChI=1S/C90H157N10O31P/c1-6-7-47-127-132(118)128-48-25-27-65-26-24-28-68(67(31-30-65)61(2)91)69(92)29-16-8-12-20-43-119-53-54-120-52-37-76(110)100-41-32-66(33-42-100)86(117)99-90(58-121-49-34-73(107)93-38-17-9-13-21-44-124-87-77(96-62(3)104)83(114)80(111)70(55-101)129-87,59-122-50-35-74(108)94-39-18-10-14-22-45-125-88-78(97-63(4)105)84(115)81(112)71(56-102)130-88)60-123-51-36-75(109)95-40-19-11-15-23-46-126-89-79(98-64(5)106)85(116)82(113)72(57-103)131-89/h12,20,65-66,68,70-72,77-85,87-89,92,101-103,111-116,132H,6,8-11,13-19,21-46,48-60,91H2,1-5H3,(H,93,107)(H,94,108)(H,95,109)(H,96,104)(H,97,105)(H,98,106)(H,99,117)/b20-12+,67-61-,92-69?. The molecule has 0 aromatic carbocycles. The molecule has 0 spiro atoms. The smallest absolute Gasteiger partial charge is 0.376 e. The van der Waals surface area contributed by atoms with Crippen LogP contribution in [0, 0.1) is 35.2 Å². The maximum atomic E-state index is 14.7. The number of rotatable bonds is 66. The van der Waals surface area contributed by atoms with Gasteiger partial charge in [0.05, 0.1) is 98.9 Å². The first-order valence-electron chi connectivity index (χ1n) is 47.4. The van der Waals surface area contributed by atoms with Crippen LogP contribution in [0.2, 0.25) is 0 Å². The summed E-state index contributed by atoms with van der Waals surface area (Å²) in [5.74, 6) is -0.237. The zero-order valence-electron chi connectivity index (χ0n) is 78.1. The Bertz CT molecular complexity index is 3280. The number of allylic oxidation sites excluding steroid dienone is 3. The van der Waals surface area contributed by atoms with Gasteiger partial charge in [0.25, 0.3) is 0 Å². The van der Waals surface area contributed by atoms with E-state index in [0.717, 1.165) is 69.1 Å². The number of piperidine rings is 1. The Morgan fingerprint density at radius 1 is 0.515 bits per heavy atom. The summed E-state index contributed by atoms with van der Waals surface area (Å²) < 4.78 is 86.9. The number of ether oxygens (including phenoxy) is 11. The lowest BCUT2D eigenvalue weighted by atomic mass is 9.77. The third-order valence-electron chi connectivity index (χ3n) is 23.6. The third kappa shape index (κ3) is 45.6. The molecule has 5 fully saturated rings. The number of nitrogens with one attached hydrogen (secondary N) is 8. The van der Waals surface area contributed by atoms with E-state index in [9.17, 15) is 88.9 Å². The van der Waals surface area contributed by atoms with E-state index in [1.165, 1.54) is 20.8 Å². The SMILES string of the molecule is CCC#CO[PH](=O)OCCCC1CCCC(C(=N)CCC/C=C/COCCOCCC(=O)N2CCC(C(=O)NC(COCCC(=O)NCCCCCCOC3OC(CO)C(O)C(O)C3NC(C)=O)(COCCC(=O)NCCCCCCOC3OC(CO)C(O)C(O)C3NC(C)=O)COCCC(=O)NCCCCCCOC3OC(CO)C(O)C(O)C3NC(C)=O)CC2)/C(=C(/C)N)CC1. The molecule has 1 saturated carbocycles. The Balaban J connectivity index is 1.13. The predicted octanol–water partition coefficient (Wildman–Crippen LogP) is 1.38. The molecule has 0 bridgehead atoms. The highest BCUT2D eigenvalue weighted by molar-refractivity contribution is 7.33. The molecule has 1 aliphatic carbocycles. The summed E-state index contributed by atoms with van der Waals surface area (Å²) in [5.41, 5.74) is 7.64. The summed E-state index contributed by atoms with van der Waals surface area (Å²) in [7, 11) is -2.62. The largest absolute Gasteiger partial charge is 0.402 e. The van der Waals surface area contributed by atoms with Crippen molar-refractivity contribution < 1.29 is 150 Å². The fraction of sp³-hybridized carbons (Fsp3) is 0.833. The van der Waals surface area contributed by atoms with Gasteiger partial charge in [-0.2, -0.15) is 0 Å². The molecule has 41 nitrogen and oxygen atoms in total. The van der Waals surface area contributed by atoms with Crippen molar-refractivity contribution in [3.05, 3.63) is 23.4 Å². The molecule has 4 heterocycles. The van der Waals surface area contributed by atoms with Crippen molar-refractivity contribution in [2.75, 3.05) is 145 Å². The van der Waals surface area contributed by atoms with Crippen LogP contribution in [0.1, 0.15) is 221 Å². The molecule has 42 heteroatoms. The van der Waals surface area contributed by atoms with Gasteiger partial charge >= 0.3 is 8.25 Å². The number of nitrogens with two attached hydrogens (primary N) is 1. The van der Waals surface area contributed by atoms with Crippen molar-refractivity contribution in [2.24, 2.45) is 23.5 Å². The maximum Gasteiger partial charge on any atom is 0.376 e. The van der Waals surface area contributed by atoms with Crippen molar-refractivity contribution in [3.8, 4) is 12.0 Å². The molecule has 18 atom stereocenters. The number of carbonyl (C=O) groups is 8. The molecule has 5 aliphatic rings. The molecule has 132 heavy (non-hydrogen) atoms. The Morgan fingerprint density at radius 2 is 0.955 bits per heavy atom. The lowest BCUT2D eigenvalue weighted by Gasteiger charge is -2.42. The first-order valence-corrected chi connectivity index (χ1v) is 48.6. The summed E-state index contributed by atoms with van der Waals surface area (Å²) in [5, 5.41) is 120. The summed E-state index contributed by atoms with van der Waals surface area (Å²) >= 11 is 0. The maximum absolute atomic E-state index is 14.7. The molecular weight excluding hydrogens is 1750 g/mol. The lowest BCUT2D eigenvalue weighted by molar-refractivity contribution is -0.270. The van der Waals surface area contributed by atoms with Crippen LogP contribution in [0.25, 0.3) is 0 Å². The molecular formula is C90H157N10O31P. The van der Waals surface area contributed by atoms with E-state index in [-0.39, 0.29) is 147 Å². The lowest BCUT2D eigenvalue weighted by Crippen LogP contribution is -2.64. The van der Waals surface area contributed by atoms with E-state index in [1.807, 2.05) is 19.9 Å². The highest BCUT2D eigenvalue weighted by Gasteiger charge is 2.49. The second kappa shape index (κ2) is 67.6. The minimum atomic E-state index is -2.62. The van der Waals surface area contributed by atoms with Gasteiger partial charge in [-0.1, -0.05) is 76.4 Å². The number of carbonyl (C=O) groups excluding carboxylic acids is 8. The van der Waals surface area contributed by atoms with Crippen molar-refractivity contribution in [1.29, 1.82) is 5.41 Å². The van der Waals surface area contributed by atoms with Gasteiger partial charge in [0.15, 0.2) is 18.9 Å². The van der Waals surface area contributed by atoms with Gasteiger partial charge < -0.3 is 160 Å². The topological polar surface area (TPSA) is 593 Å². The first-order chi connectivity index (χ1) is 63.5. The number of unbranched alkanes of at least 4 members (excludes halogenated alkanes) is 10. The zero-order chi connectivity index (χ0) is 96.4. The molecule has 758 valence electrons. The van der Waals surface area contributed by atoms with Gasteiger partial charge in [-0.15, -0.1) is 0 Å². The van der Waals surface area contributed by atoms with E-state index in [1.54, 1.807) is 4.90 Å². The van der Waals surface area contributed by atoms with Crippen molar-refractivity contribution in [2.45, 2.75) is 318 Å². The Labute approximate surface area is 777 Å². The average Bonchev–Trinajstić information content (AvgIpc) is 0.806. The first kappa shape index (κ1) is 116. The molecule has 4 saturated heterocycles. The van der Waals surface area contributed by atoms with E-state index in [0.29, 0.717) is 154 Å². The number of aliphatic hydroxyl groups is 9. The second-order valence-corrected chi connectivity index (χ2v) is 35.4. The summed E-state index contributed by atoms with van der Waals surface area (Å²) in [6.45, 7) is 8.29. The van der Waals surface area contributed by atoms with Crippen LogP contribution in [-0.4, -0.2) is 346 Å². The molecule has 5 rings (SSSR count). The minimum absolute atomic E-state index is 0.0395. The van der Waals surface area contributed by atoms with Crippen LogP contribution in [0.15, 0.2) is 23.4 Å². The highest BCUT2D eigenvalue weighted by Crippen LogP contribution is 2.36. The Morgan fingerprint density at radius 3 is 1.39 bits per heavy atom. The number of aliphatic hydroxyl groups excluding tert-OH is 9. The number of amides is 8. The van der Waals surface area contributed by atoms with E-state index < -0.39 is 149 Å². The molecule has 19 N–H and O–H groups in total. The second-order valence-electron chi connectivity index (χ2n) is 34.4. The Hall–Kier alpha value is -6.54. The van der Waals surface area contributed by atoms with Gasteiger partial charge in [0, 0.05) is 122 Å². The van der Waals surface area contributed by atoms with Crippen LogP contribution in [0.4, 0.5) is 0 Å². The monoisotopic (exact) mass is 1910 g/mol. The number of hydrogen-bond acceptors (Lipinski definition) is 33. The zero-order valence-corrected chi connectivity index (χ0v) is 79.1. The summed E-state index contributed by atoms with van der Waals surface area (Å²) in [6, 6.07) is -3.21. The van der Waals surface area contributed by atoms with Crippen molar-refractivity contribution in [1.82, 2.24) is 42.1 Å². The fourth-order valence-corrected chi connectivity index (χ4v) is 16.7. The van der Waals surface area contributed by atoms with E-state index in [4.69, 9.17) is 72.3 Å². The van der Waals surface area contributed by atoms with Gasteiger partial charge in [-0.3, -0.25) is 38.4 Å². The third-order valence-corrected chi connectivity index (χ3v) is 24.3. The number of hydrogen-bond donors (Lipinski definition) is 18. The van der Waals surface area contributed by atoms with Gasteiger partial charge in [-0.25, -0.2) is 4.57 Å². The molecule has 18 unspecified atom stereocenters. The molecule has 8 amide bonds. The van der Waals surface area contributed by atoms with Gasteiger partial charge in [-0.05, 0) is 121 Å². The minimum Gasteiger partial charge on any atom is -0.402 e. The number of nitrogens with zero attached hydrogens (tertiary/aromatic N) is 1. The molecule has 0 radical (unpaired) electrons. The summed E-state index contributed by atoms with van der Waals surface area (Å²) in [4.78, 5) is 105. The van der Waals surface area contributed by atoms with E-state index >= 15 is 0 Å². The number of likely N-dealkylation sites (tertiary alicyclic amines) is 1.